The Balaban J connectivity index is 1.41. The van der Waals surface area contributed by atoms with Gasteiger partial charge in [-0.05, 0) is 59.5 Å². The minimum Gasteiger partial charge on any atom is -0.500 e. The maximum absolute atomic E-state index is 6.05. The van der Waals surface area contributed by atoms with Crippen molar-refractivity contribution in [2.75, 3.05) is 21.3 Å². The number of nitrogens with one attached hydrogen (secondary N) is 1. The number of allylic oxidation sites excluding steroid dienone is 4. The number of aromatic amines is 1. The van der Waals surface area contributed by atoms with E-state index in [1.165, 1.54) is 5.56 Å². The van der Waals surface area contributed by atoms with Crippen molar-refractivity contribution in [3.63, 3.8) is 0 Å². The average Bonchev–Trinajstić information content (AvgIpc) is 3.35. The first-order valence-corrected chi connectivity index (χ1v) is 11.5. The lowest BCUT2D eigenvalue weighted by molar-refractivity contribution is 0.263. The van der Waals surface area contributed by atoms with E-state index in [1.807, 2.05) is 67.0 Å². The molecular formula is C29H28N2O4. The molecule has 178 valence electrons. The van der Waals surface area contributed by atoms with Gasteiger partial charge in [0.1, 0.15) is 23.8 Å². The highest BCUT2D eigenvalue weighted by molar-refractivity contribution is 5.86. The van der Waals surface area contributed by atoms with E-state index in [1.54, 1.807) is 21.3 Å². The molecule has 0 aliphatic heterocycles. The Morgan fingerprint density at radius 2 is 1.77 bits per heavy atom. The molecule has 1 aliphatic rings. The lowest BCUT2D eigenvalue weighted by atomic mass is 9.90. The van der Waals surface area contributed by atoms with E-state index in [0.717, 1.165) is 45.7 Å². The third-order valence-electron chi connectivity index (χ3n) is 6.34. The molecule has 0 saturated heterocycles. The van der Waals surface area contributed by atoms with Crippen molar-refractivity contribution in [2.24, 2.45) is 0 Å². The van der Waals surface area contributed by atoms with Gasteiger partial charge in [0.25, 0.3) is 0 Å². The van der Waals surface area contributed by atoms with E-state index < -0.39 is 0 Å². The minimum absolute atomic E-state index is 0.166. The molecule has 1 unspecified atom stereocenters. The first-order chi connectivity index (χ1) is 17.2. The summed E-state index contributed by atoms with van der Waals surface area (Å²) in [6, 6.07) is 16.0. The standard InChI is InChI=1S/C29H28N2O4/c1-32-22-11-8-19(9-12-22)18-35-27-13-10-20(15-28(27)34-3)21-14-24-25(17-31-29(24)30-16-21)23-6-4-5-7-26(23)33-2/h4-5,7-17,23H,6,18H2,1-3H3,(H,30,31). The lowest BCUT2D eigenvalue weighted by Crippen LogP contribution is -2.05. The summed E-state index contributed by atoms with van der Waals surface area (Å²) >= 11 is 0. The molecule has 1 N–H and O–H groups in total. The van der Waals surface area contributed by atoms with Crippen LogP contribution in [-0.4, -0.2) is 31.3 Å². The topological polar surface area (TPSA) is 65.6 Å². The van der Waals surface area contributed by atoms with Gasteiger partial charge in [0.05, 0.1) is 21.3 Å². The molecule has 6 nitrogen and oxygen atoms in total. The summed E-state index contributed by atoms with van der Waals surface area (Å²) in [4.78, 5) is 7.99. The highest BCUT2D eigenvalue weighted by atomic mass is 16.5. The third-order valence-corrected chi connectivity index (χ3v) is 6.34. The summed E-state index contributed by atoms with van der Waals surface area (Å²) in [5.74, 6) is 3.30. The molecule has 4 aromatic rings. The second-order valence-electron chi connectivity index (χ2n) is 8.36. The Hall–Kier alpha value is -4.19. The summed E-state index contributed by atoms with van der Waals surface area (Å²) in [7, 11) is 5.03. The van der Waals surface area contributed by atoms with Gasteiger partial charge in [0, 0.05) is 29.3 Å². The monoisotopic (exact) mass is 468 g/mol. The van der Waals surface area contributed by atoms with E-state index >= 15 is 0 Å². The van der Waals surface area contributed by atoms with Crippen LogP contribution in [0.4, 0.5) is 0 Å². The largest absolute Gasteiger partial charge is 0.500 e. The van der Waals surface area contributed by atoms with Gasteiger partial charge < -0.3 is 23.9 Å². The molecule has 5 rings (SSSR count). The quantitative estimate of drug-likeness (QED) is 0.324. The van der Waals surface area contributed by atoms with Crippen molar-refractivity contribution in [3.8, 4) is 28.4 Å². The molecule has 2 heterocycles. The molecule has 0 radical (unpaired) electrons. The van der Waals surface area contributed by atoms with E-state index in [9.17, 15) is 0 Å². The number of ether oxygens (including phenoxy) is 4. The number of H-pyrrole nitrogens is 1. The van der Waals surface area contributed by atoms with Crippen LogP contribution >= 0.6 is 0 Å². The van der Waals surface area contributed by atoms with Gasteiger partial charge >= 0.3 is 0 Å². The average molecular weight is 469 g/mol. The smallest absolute Gasteiger partial charge is 0.161 e. The second-order valence-corrected chi connectivity index (χ2v) is 8.36. The number of rotatable bonds is 8. The van der Waals surface area contributed by atoms with Crippen LogP contribution in [-0.2, 0) is 11.3 Å². The molecule has 0 bridgehead atoms. The number of pyridine rings is 1. The van der Waals surface area contributed by atoms with Crippen LogP contribution in [0, 0.1) is 0 Å². The van der Waals surface area contributed by atoms with Gasteiger partial charge in [-0.3, -0.25) is 0 Å². The number of hydrogen-bond acceptors (Lipinski definition) is 5. The normalized spacial score (nSPS) is 15.1. The molecule has 0 spiro atoms. The van der Waals surface area contributed by atoms with Crippen LogP contribution in [0.1, 0.15) is 23.5 Å². The number of benzene rings is 2. The van der Waals surface area contributed by atoms with E-state index in [0.29, 0.717) is 18.1 Å². The maximum Gasteiger partial charge on any atom is 0.161 e. The Kier molecular flexibility index (Phi) is 6.44. The van der Waals surface area contributed by atoms with E-state index in [2.05, 4.69) is 22.1 Å². The summed E-state index contributed by atoms with van der Waals surface area (Å²) in [6.07, 6.45) is 11.0. The number of nitrogens with zero attached hydrogens (tertiary/aromatic N) is 1. The zero-order valence-electron chi connectivity index (χ0n) is 20.1. The summed E-state index contributed by atoms with van der Waals surface area (Å²) in [5.41, 5.74) is 5.10. The fourth-order valence-electron chi connectivity index (χ4n) is 4.42. The van der Waals surface area contributed by atoms with Crippen LogP contribution in [0.5, 0.6) is 17.2 Å². The first-order valence-electron chi connectivity index (χ1n) is 11.5. The molecule has 1 aliphatic carbocycles. The van der Waals surface area contributed by atoms with Gasteiger partial charge in [-0.25, -0.2) is 4.98 Å². The molecular weight excluding hydrogens is 440 g/mol. The Bertz CT molecular complexity index is 1390. The van der Waals surface area contributed by atoms with Crippen molar-refractivity contribution >= 4 is 11.0 Å². The van der Waals surface area contributed by atoms with Crippen LogP contribution in [0.3, 0.4) is 0 Å². The molecule has 6 heteroatoms. The zero-order chi connectivity index (χ0) is 24.2. The summed E-state index contributed by atoms with van der Waals surface area (Å²) in [6.45, 7) is 0.436. The van der Waals surface area contributed by atoms with Crippen LogP contribution in [0.2, 0.25) is 0 Å². The van der Waals surface area contributed by atoms with Gasteiger partial charge in [-0.2, -0.15) is 0 Å². The summed E-state index contributed by atoms with van der Waals surface area (Å²) < 4.78 is 22.6. The van der Waals surface area contributed by atoms with Crippen molar-refractivity contribution in [3.05, 3.63) is 96.0 Å². The predicted molar refractivity (Wildman–Crippen MR) is 137 cm³/mol. The highest BCUT2D eigenvalue weighted by Crippen LogP contribution is 2.38. The first kappa shape index (κ1) is 22.6. The number of aromatic nitrogens is 2. The van der Waals surface area contributed by atoms with Gasteiger partial charge in [-0.1, -0.05) is 30.4 Å². The van der Waals surface area contributed by atoms with Crippen molar-refractivity contribution in [1.29, 1.82) is 0 Å². The Labute approximate surface area is 204 Å². The predicted octanol–water partition coefficient (Wildman–Crippen LogP) is 6.40. The van der Waals surface area contributed by atoms with Crippen molar-refractivity contribution in [2.45, 2.75) is 18.9 Å². The SMILES string of the molecule is COC1=CC=CCC1c1c[nH]c2ncc(-c3ccc(OCc4ccc(OC)cc4)c(OC)c3)cc12. The molecule has 2 aromatic carbocycles. The van der Waals surface area contributed by atoms with Crippen molar-refractivity contribution in [1.82, 2.24) is 9.97 Å². The zero-order valence-corrected chi connectivity index (χ0v) is 20.1. The maximum atomic E-state index is 6.05. The van der Waals surface area contributed by atoms with Gasteiger partial charge in [-0.15, -0.1) is 0 Å². The molecule has 0 saturated carbocycles. The highest BCUT2D eigenvalue weighted by Gasteiger charge is 2.22. The minimum atomic E-state index is 0.166. The Morgan fingerprint density at radius 3 is 2.54 bits per heavy atom. The lowest BCUT2D eigenvalue weighted by Gasteiger charge is -2.20. The van der Waals surface area contributed by atoms with Crippen LogP contribution < -0.4 is 14.2 Å². The Morgan fingerprint density at radius 1 is 0.914 bits per heavy atom. The molecule has 1 atom stereocenters. The fourth-order valence-corrected chi connectivity index (χ4v) is 4.42. The molecule has 35 heavy (non-hydrogen) atoms. The van der Waals surface area contributed by atoms with Gasteiger partial charge in [0.15, 0.2) is 11.5 Å². The fraction of sp³-hybridized carbons (Fsp3) is 0.207. The van der Waals surface area contributed by atoms with Crippen LogP contribution in [0.25, 0.3) is 22.2 Å². The number of fused-ring (bicyclic) bond motifs is 1. The summed E-state index contributed by atoms with van der Waals surface area (Å²) in [5, 5.41) is 1.09. The van der Waals surface area contributed by atoms with Crippen LogP contribution in [0.15, 0.2) is 84.9 Å². The molecule has 0 amide bonds. The van der Waals surface area contributed by atoms with E-state index in [-0.39, 0.29) is 5.92 Å². The third kappa shape index (κ3) is 4.60. The number of hydrogen-bond donors (Lipinski definition) is 1. The van der Waals surface area contributed by atoms with Gasteiger partial charge in [0.2, 0.25) is 0 Å². The number of methoxy groups -OCH3 is 3. The molecule has 0 fully saturated rings. The second kappa shape index (κ2) is 9.97. The molecule has 2 aromatic heterocycles. The van der Waals surface area contributed by atoms with Crippen molar-refractivity contribution < 1.29 is 18.9 Å². The van der Waals surface area contributed by atoms with E-state index in [4.69, 9.17) is 18.9 Å².